The maximum atomic E-state index is 13.1. The number of Topliss-reactive ketones (excluding diaryl/α,β-unsaturated/α-hetero) is 1. The van der Waals surface area contributed by atoms with Crippen LogP contribution < -0.4 is 24.3 Å². The molecule has 0 aliphatic rings. The van der Waals surface area contributed by atoms with Crippen molar-refractivity contribution in [3.63, 3.8) is 0 Å². The Morgan fingerprint density at radius 1 is 0.857 bits per heavy atom. The Hall–Kier alpha value is -3.04. The smallest absolute Gasteiger partial charge is 0.259 e. The van der Waals surface area contributed by atoms with Gasteiger partial charge in [0.25, 0.3) is 5.91 Å². The third kappa shape index (κ3) is 7.47. The fourth-order valence-corrected chi connectivity index (χ4v) is 3.41. The van der Waals surface area contributed by atoms with Gasteiger partial charge < -0.3 is 24.3 Å². The number of nitrogens with one attached hydrogen (secondary N) is 1. The lowest BCUT2D eigenvalue weighted by Gasteiger charge is -2.18. The SMILES string of the molecule is CCOc1cc(N=NC(C(C)=O)C(=O)Nc2c(OCC)ccc(Cl)c2OCC)c(OCC)cc1Cl. The van der Waals surface area contributed by atoms with Gasteiger partial charge in [-0.15, -0.1) is 0 Å². The van der Waals surface area contributed by atoms with Crippen molar-refractivity contribution in [1.29, 1.82) is 0 Å². The summed E-state index contributed by atoms with van der Waals surface area (Å²) in [5.41, 5.74) is 0.458. The lowest BCUT2D eigenvalue weighted by atomic mass is 10.2. The second kappa shape index (κ2) is 13.7. The Labute approximate surface area is 214 Å². The summed E-state index contributed by atoms with van der Waals surface area (Å²) in [6.45, 7) is 9.79. The molecule has 2 rings (SSSR count). The number of hydrogen-bond donors (Lipinski definition) is 1. The molecule has 190 valence electrons. The predicted octanol–water partition coefficient (Wildman–Crippen LogP) is 6.27. The first-order valence-electron chi connectivity index (χ1n) is 11.2. The monoisotopic (exact) mass is 525 g/mol. The number of anilines is 1. The van der Waals surface area contributed by atoms with E-state index < -0.39 is 17.7 Å². The molecule has 0 fully saturated rings. The van der Waals surface area contributed by atoms with Gasteiger partial charge in [0, 0.05) is 12.1 Å². The summed E-state index contributed by atoms with van der Waals surface area (Å²) in [6, 6.07) is 4.82. The summed E-state index contributed by atoms with van der Waals surface area (Å²) in [4.78, 5) is 25.5. The molecule has 0 aliphatic carbocycles. The van der Waals surface area contributed by atoms with Gasteiger partial charge >= 0.3 is 0 Å². The third-order valence-corrected chi connectivity index (χ3v) is 5.03. The second-order valence-corrected chi connectivity index (χ2v) is 7.76. The predicted molar refractivity (Wildman–Crippen MR) is 135 cm³/mol. The number of carbonyl (C=O) groups excluding carboxylic acids is 2. The van der Waals surface area contributed by atoms with Gasteiger partial charge in [-0.1, -0.05) is 23.2 Å². The van der Waals surface area contributed by atoms with Crippen molar-refractivity contribution in [3.8, 4) is 23.0 Å². The highest BCUT2D eigenvalue weighted by Crippen LogP contribution is 2.41. The van der Waals surface area contributed by atoms with E-state index in [-0.39, 0.29) is 22.1 Å². The number of ether oxygens (including phenoxy) is 4. The van der Waals surface area contributed by atoms with Crippen molar-refractivity contribution < 1.29 is 28.5 Å². The number of carbonyl (C=O) groups is 2. The van der Waals surface area contributed by atoms with E-state index in [0.29, 0.717) is 48.7 Å². The molecule has 1 N–H and O–H groups in total. The minimum absolute atomic E-state index is 0.202. The standard InChI is InChI=1S/C24H29Cl2N3O6/c1-6-32-18-11-10-15(25)23(35-9-4)22(18)27-24(31)21(14(5)30)29-28-17-13-19(33-7-2)16(26)12-20(17)34-8-3/h10-13,21H,6-9H2,1-5H3,(H,27,31). The van der Waals surface area contributed by atoms with Gasteiger partial charge in [0.05, 0.1) is 36.5 Å². The molecular weight excluding hydrogens is 497 g/mol. The largest absolute Gasteiger partial charge is 0.492 e. The molecule has 0 saturated carbocycles. The van der Waals surface area contributed by atoms with Crippen LogP contribution in [-0.4, -0.2) is 44.2 Å². The van der Waals surface area contributed by atoms with Gasteiger partial charge in [0.2, 0.25) is 6.04 Å². The summed E-state index contributed by atoms with van der Waals surface area (Å²) in [6.07, 6.45) is 0. The molecule has 0 spiro atoms. The van der Waals surface area contributed by atoms with Crippen molar-refractivity contribution in [2.24, 2.45) is 10.2 Å². The minimum atomic E-state index is -1.46. The molecule has 0 radical (unpaired) electrons. The molecular formula is C24H29Cl2N3O6. The van der Waals surface area contributed by atoms with Crippen LogP contribution in [0.5, 0.6) is 23.0 Å². The normalized spacial score (nSPS) is 11.7. The molecule has 0 aliphatic heterocycles. The Bertz CT molecular complexity index is 1080. The first-order chi connectivity index (χ1) is 16.8. The van der Waals surface area contributed by atoms with E-state index in [4.69, 9.17) is 42.1 Å². The van der Waals surface area contributed by atoms with E-state index >= 15 is 0 Å². The van der Waals surface area contributed by atoms with Gasteiger partial charge in [-0.25, -0.2) is 0 Å². The van der Waals surface area contributed by atoms with Crippen LogP contribution in [0.1, 0.15) is 34.6 Å². The van der Waals surface area contributed by atoms with Gasteiger partial charge in [-0.2, -0.15) is 10.2 Å². The quantitative estimate of drug-likeness (QED) is 0.244. The van der Waals surface area contributed by atoms with Crippen molar-refractivity contribution in [2.45, 2.75) is 40.7 Å². The van der Waals surface area contributed by atoms with E-state index in [1.165, 1.54) is 13.0 Å². The first kappa shape index (κ1) is 28.2. The molecule has 35 heavy (non-hydrogen) atoms. The van der Waals surface area contributed by atoms with E-state index in [2.05, 4.69) is 15.5 Å². The molecule has 2 aromatic carbocycles. The molecule has 2 aromatic rings. The highest BCUT2D eigenvalue weighted by molar-refractivity contribution is 6.33. The van der Waals surface area contributed by atoms with E-state index in [9.17, 15) is 9.59 Å². The van der Waals surface area contributed by atoms with Gasteiger partial charge in [0.1, 0.15) is 28.6 Å². The molecule has 0 saturated heterocycles. The molecule has 9 nitrogen and oxygen atoms in total. The zero-order valence-electron chi connectivity index (χ0n) is 20.3. The molecule has 1 atom stereocenters. The van der Waals surface area contributed by atoms with Gasteiger partial charge in [-0.3, -0.25) is 9.59 Å². The maximum Gasteiger partial charge on any atom is 0.259 e. The molecule has 11 heteroatoms. The number of nitrogens with zero attached hydrogens (tertiary/aromatic N) is 2. The van der Waals surface area contributed by atoms with Crippen LogP contribution in [0.2, 0.25) is 10.0 Å². The number of halogens is 2. The van der Waals surface area contributed by atoms with Gasteiger partial charge in [0.15, 0.2) is 11.5 Å². The molecule has 0 aromatic heterocycles. The number of hydrogen-bond acceptors (Lipinski definition) is 8. The lowest BCUT2D eigenvalue weighted by Crippen LogP contribution is -2.32. The van der Waals surface area contributed by atoms with Crippen LogP contribution in [0.4, 0.5) is 11.4 Å². The zero-order valence-corrected chi connectivity index (χ0v) is 21.8. The van der Waals surface area contributed by atoms with Crippen LogP contribution in [0, 0.1) is 0 Å². The maximum absolute atomic E-state index is 13.1. The summed E-state index contributed by atoms with van der Waals surface area (Å²) in [5, 5.41) is 11.4. The molecule has 0 heterocycles. The fraction of sp³-hybridized carbons (Fsp3) is 0.417. The lowest BCUT2D eigenvalue weighted by molar-refractivity contribution is -0.126. The Morgan fingerprint density at radius 3 is 2.06 bits per heavy atom. The highest BCUT2D eigenvalue weighted by Gasteiger charge is 2.27. The average Bonchev–Trinajstić information content (AvgIpc) is 2.80. The number of azo groups is 1. The number of ketones is 1. The van der Waals surface area contributed by atoms with Crippen LogP contribution in [0.3, 0.4) is 0 Å². The Kier molecular flexibility index (Phi) is 11.1. The summed E-state index contributed by atoms with van der Waals surface area (Å²) in [5.74, 6) is 0.0103. The minimum Gasteiger partial charge on any atom is -0.492 e. The van der Waals surface area contributed by atoms with Crippen LogP contribution in [-0.2, 0) is 9.59 Å². The summed E-state index contributed by atoms with van der Waals surface area (Å²) < 4.78 is 22.3. The van der Waals surface area contributed by atoms with Crippen molar-refractivity contribution in [1.82, 2.24) is 0 Å². The van der Waals surface area contributed by atoms with E-state index in [1.807, 2.05) is 6.92 Å². The molecule has 1 amide bonds. The van der Waals surface area contributed by atoms with E-state index in [0.717, 1.165) is 0 Å². The van der Waals surface area contributed by atoms with Crippen molar-refractivity contribution >= 4 is 46.3 Å². The second-order valence-electron chi connectivity index (χ2n) is 6.95. The molecule has 1 unspecified atom stereocenters. The van der Waals surface area contributed by atoms with Crippen LogP contribution >= 0.6 is 23.2 Å². The average molecular weight is 526 g/mol. The Morgan fingerprint density at radius 2 is 1.46 bits per heavy atom. The molecule has 0 bridgehead atoms. The number of benzene rings is 2. The van der Waals surface area contributed by atoms with Crippen molar-refractivity contribution in [2.75, 3.05) is 31.7 Å². The number of amides is 1. The fourth-order valence-electron chi connectivity index (χ4n) is 2.99. The van der Waals surface area contributed by atoms with Crippen LogP contribution in [0.25, 0.3) is 0 Å². The van der Waals surface area contributed by atoms with E-state index in [1.54, 1.807) is 39.0 Å². The third-order valence-electron chi connectivity index (χ3n) is 4.44. The Balaban J connectivity index is 2.43. The summed E-state index contributed by atoms with van der Waals surface area (Å²) in [7, 11) is 0. The summed E-state index contributed by atoms with van der Waals surface area (Å²) >= 11 is 12.5. The topological polar surface area (TPSA) is 108 Å². The number of rotatable bonds is 13. The van der Waals surface area contributed by atoms with Crippen LogP contribution in [0.15, 0.2) is 34.5 Å². The van der Waals surface area contributed by atoms with Gasteiger partial charge in [-0.05, 0) is 46.8 Å². The van der Waals surface area contributed by atoms with Crippen molar-refractivity contribution in [3.05, 3.63) is 34.3 Å². The zero-order chi connectivity index (χ0) is 26.0. The first-order valence-corrected chi connectivity index (χ1v) is 11.9. The highest BCUT2D eigenvalue weighted by atomic mass is 35.5.